The van der Waals surface area contributed by atoms with Crippen molar-refractivity contribution in [3.05, 3.63) is 28.0 Å². The van der Waals surface area contributed by atoms with Crippen molar-refractivity contribution in [3.8, 4) is 6.07 Å². The van der Waals surface area contributed by atoms with Crippen LogP contribution in [0.25, 0.3) is 0 Å². The van der Waals surface area contributed by atoms with Crippen LogP contribution in [0, 0.1) is 17.1 Å². The molecule has 1 unspecified atom stereocenters. The Balaban J connectivity index is 2.25. The second-order valence-corrected chi connectivity index (χ2v) is 5.59. The molecule has 0 spiro atoms. The minimum absolute atomic E-state index is 0.262. The van der Waals surface area contributed by atoms with E-state index >= 15 is 0 Å². The second-order valence-electron chi connectivity index (χ2n) is 4.80. The molecule has 1 saturated heterocycles. The number of hydrogen-bond acceptors (Lipinski definition) is 3. The van der Waals surface area contributed by atoms with Crippen molar-refractivity contribution < 1.29 is 4.39 Å². The predicted molar refractivity (Wildman–Crippen MR) is 77.7 cm³/mol. The summed E-state index contributed by atoms with van der Waals surface area (Å²) in [5.74, 6) is -0.337. The lowest BCUT2D eigenvalue weighted by molar-refractivity contribution is 0.199. The Labute approximate surface area is 121 Å². The van der Waals surface area contributed by atoms with Gasteiger partial charge in [-0.2, -0.15) is 5.26 Å². The van der Waals surface area contributed by atoms with E-state index in [0.29, 0.717) is 17.3 Å². The van der Waals surface area contributed by atoms with E-state index in [1.165, 1.54) is 0 Å². The highest BCUT2D eigenvalue weighted by Gasteiger charge is 2.25. The monoisotopic (exact) mass is 325 g/mol. The third kappa shape index (κ3) is 2.75. The van der Waals surface area contributed by atoms with E-state index in [1.54, 1.807) is 12.1 Å². The molecule has 1 aliphatic rings. The molecule has 0 aliphatic carbocycles. The maximum atomic E-state index is 14.3. The lowest BCUT2D eigenvalue weighted by Gasteiger charge is -2.40. The Morgan fingerprint density at radius 3 is 2.79 bits per heavy atom. The Morgan fingerprint density at radius 1 is 1.47 bits per heavy atom. The van der Waals surface area contributed by atoms with Gasteiger partial charge in [0.15, 0.2) is 5.82 Å². The van der Waals surface area contributed by atoms with Crippen LogP contribution in [0.15, 0.2) is 16.6 Å². The van der Waals surface area contributed by atoms with E-state index in [-0.39, 0.29) is 10.3 Å². The first-order valence-corrected chi connectivity index (χ1v) is 7.24. The quantitative estimate of drug-likeness (QED) is 0.837. The summed E-state index contributed by atoms with van der Waals surface area (Å²) in [4.78, 5) is 4.44. The van der Waals surface area contributed by atoms with Gasteiger partial charge in [-0.1, -0.05) is 6.92 Å². The lowest BCUT2D eigenvalue weighted by atomic mass is 10.1. The fourth-order valence-corrected chi connectivity index (χ4v) is 2.98. The molecule has 1 aliphatic heterocycles. The molecule has 3 nitrogen and oxygen atoms in total. The molecule has 5 heteroatoms. The summed E-state index contributed by atoms with van der Waals surface area (Å²) in [5.41, 5.74) is 0.912. The summed E-state index contributed by atoms with van der Waals surface area (Å²) in [6, 6.07) is 5.75. The number of halogens is 2. The van der Waals surface area contributed by atoms with Crippen molar-refractivity contribution in [3.63, 3.8) is 0 Å². The minimum Gasteiger partial charge on any atom is -0.366 e. The number of anilines is 1. The van der Waals surface area contributed by atoms with Gasteiger partial charge in [-0.25, -0.2) is 4.39 Å². The van der Waals surface area contributed by atoms with Crippen LogP contribution in [0.5, 0.6) is 0 Å². The summed E-state index contributed by atoms with van der Waals surface area (Å²) in [5, 5.41) is 8.89. The molecule has 0 bridgehead atoms. The Kier molecular flexibility index (Phi) is 4.43. The van der Waals surface area contributed by atoms with Crippen molar-refractivity contribution in [2.24, 2.45) is 0 Å². The topological polar surface area (TPSA) is 30.3 Å². The lowest BCUT2D eigenvalue weighted by Crippen LogP contribution is -2.52. The first-order valence-electron chi connectivity index (χ1n) is 6.45. The third-order valence-corrected chi connectivity index (χ3v) is 4.47. The molecule has 0 saturated carbocycles. The number of nitriles is 1. The number of benzene rings is 1. The van der Waals surface area contributed by atoms with E-state index in [4.69, 9.17) is 5.26 Å². The highest BCUT2D eigenvalue weighted by molar-refractivity contribution is 9.10. The van der Waals surface area contributed by atoms with Gasteiger partial charge in [0.25, 0.3) is 0 Å². The average Bonchev–Trinajstić information content (AvgIpc) is 2.41. The number of rotatable bonds is 2. The van der Waals surface area contributed by atoms with E-state index in [0.717, 1.165) is 26.2 Å². The number of nitrogens with zero attached hydrogens (tertiary/aromatic N) is 3. The van der Waals surface area contributed by atoms with Gasteiger partial charge in [0.1, 0.15) is 6.07 Å². The van der Waals surface area contributed by atoms with Crippen LogP contribution >= 0.6 is 15.9 Å². The van der Waals surface area contributed by atoms with Gasteiger partial charge in [-0.3, -0.25) is 4.90 Å². The molecule has 1 atom stereocenters. The molecule has 102 valence electrons. The Morgan fingerprint density at radius 2 is 2.21 bits per heavy atom. The van der Waals surface area contributed by atoms with Crippen LogP contribution in [-0.4, -0.2) is 37.1 Å². The SMILES string of the molecule is CCN1CCN(c2ccc(C#N)c(Br)c2F)CC1C. The normalized spacial score (nSPS) is 20.4. The largest absolute Gasteiger partial charge is 0.366 e. The van der Waals surface area contributed by atoms with Crippen molar-refractivity contribution in [1.29, 1.82) is 5.26 Å². The maximum absolute atomic E-state index is 14.3. The average molecular weight is 326 g/mol. The first kappa shape index (κ1) is 14.3. The molecule has 19 heavy (non-hydrogen) atoms. The van der Waals surface area contributed by atoms with Crippen LogP contribution < -0.4 is 4.90 Å². The summed E-state index contributed by atoms with van der Waals surface area (Å²) in [6.45, 7) is 7.89. The van der Waals surface area contributed by atoms with Gasteiger partial charge in [-0.05, 0) is 41.5 Å². The van der Waals surface area contributed by atoms with Crippen molar-refractivity contribution in [1.82, 2.24) is 4.90 Å². The van der Waals surface area contributed by atoms with Crippen LogP contribution in [0.2, 0.25) is 0 Å². The maximum Gasteiger partial charge on any atom is 0.161 e. The van der Waals surface area contributed by atoms with Gasteiger partial charge in [0, 0.05) is 25.7 Å². The van der Waals surface area contributed by atoms with Crippen molar-refractivity contribution >= 4 is 21.6 Å². The molecular formula is C14H17BrFN3. The van der Waals surface area contributed by atoms with E-state index in [1.807, 2.05) is 6.07 Å². The van der Waals surface area contributed by atoms with Crippen molar-refractivity contribution in [2.75, 3.05) is 31.1 Å². The molecule has 1 fully saturated rings. The van der Waals surface area contributed by atoms with E-state index < -0.39 is 0 Å². The van der Waals surface area contributed by atoms with Gasteiger partial charge < -0.3 is 4.90 Å². The van der Waals surface area contributed by atoms with E-state index in [9.17, 15) is 4.39 Å². The highest BCUT2D eigenvalue weighted by Crippen LogP contribution is 2.30. The summed E-state index contributed by atoms with van der Waals surface area (Å²) in [7, 11) is 0. The molecule has 0 aromatic heterocycles. The Bertz CT molecular complexity index is 512. The van der Waals surface area contributed by atoms with Gasteiger partial charge in [0.05, 0.1) is 15.7 Å². The van der Waals surface area contributed by atoms with Crippen LogP contribution in [-0.2, 0) is 0 Å². The zero-order valence-corrected chi connectivity index (χ0v) is 12.7. The van der Waals surface area contributed by atoms with Gasteiger partial charge >= 0.3 is 0 Å². The highest BCUT2D eigenvalue weighted by atomic mass is 79.9. The number of likely N-dealkylation sites (N-methyl/N-ethyl adjacent to an activating group) is 1. The van der Waals surface area contributed by atoms with Crippen LogP contribution in [0.1, 0.15) is 19.4 Å². The molecule has 0 amide bonds. The molecule has 1 aromatic carbocycles. The Hall–Kier alpha value is -1.12. The summed E-state index contributed by atoms with van der Waals surface area (Å²) < 4.78 is 14.5. The molecule has 2 rings (SSSR count). The fourth-order valence-electron chi connectivity index (χ4n) is 2.55. The summed E-state index contributed by atoms with van der Waals surface area (Å²) >= 11 is 3.16. The predicted octanol–water partition coefficient (Wildman–Crippen LogP) is 2.99. The minimum atomic E-state index is -0.337. The standard InChI is InChI=1S/C14H17BrFN3/c1-3-18-6-7-19(9-10(18)2)12-5-4-11(8-17)13(15)14(12)16/h4-5,10H,3,6-7,9H2,1-2H3. The zero-order chi connectivity index (χ0) is 14.0. The van der Waals surface area contributed by atoms with E-state index in [2.05, 4.69) is 39.6 Å². The second kappa shape index (κ2) is 5.89. The zero-order valence-electron chi connectivity index (χ0n) is 11.2. The number of hydrogen-bond donors (Lipinski definition) is 0. The third-order valence-electron chi connectivity index (χ3n) is 3.69. The molecular weight excluding hydrogens is 309 g/mol. The molecule has 0 N–H and O–H groups in total. The molecule has 1 heterocycles. The van der Waals surface area contributed by atoms with Crippen LogP contribution in [0.3, 0.4) is 0 Å². The molecule has 1 aromatic rings. The first-order chi connectivity index (χ1) is 9.08. The fraction of sp³-hybridized carbons (Fsp3) is 0.500. The molecule has 0 radical (unpaired) electrons. The van der Waals surface area contributed by atoms with Crippen LogP contribution in [0.4, 0.5) is 10.1 Å². The summed E-state index contributed by atoms with van der Waals surface area (Å²) in [6.07, 6.45) is 0. The number of piperazine rings is 1. The van der Waals surface area contributed by atoms with Crippen molar-refractivity contribution in [2.45, 2.75) is 19.9 Å². The smallest absolute Gasteiger partial charge is 0.161 e. The van der Waals surface area contributed by atoms with Gasteiger partial charge in [0.2, 0.25) is 0 Å². The van der Waals surface area contributed by atoms with Gasteiger partial charge in [-0.15, -0.1) is 0 Å².